The van der Waals surface area contributed by atoms with E-state index in [1.807, 2.05) is 0 Å². The van der Waals surface area contributed by atoms with E-state index < -0.39 is 0 Å². The molecule has 2 rings (SSSR count). The van der Waals surface area contributed by atoms with E-state index >= 15 is 0 Å². The normalized spacial score (nSPS) is 16.9. The van der Waals surface area contributed by atoms with E-state index in [1.165, 1.54) is 24.0 Å². The van der Waals surface area contributed by atoms with Crippen LogP contribution in [0.15, 0.2) is 18.2 Å². The van der Waals surface area contributed by atoms with Gasteiger partial charge in [-0.2, -0.15) is 0 Å². The van der Waals surface area contributed by atoms with Crippen LogP contribution in [-0.4, -0.2) is 18.7 Å². The molecular weight excluding hydrogens is 210 g/mol. The first-order chi connectivity index (χ1) is 8.15. The van der Waals surface area contributed by atoms with Crippen molar-refractivity contribution >= 4 is 0 Å². The number of ether oxygens (including phenoxy) is 1. The van der Waals surface area contributed by atoms with Crippen molar-refractivity contribution in [1.82, 2.24) is 5.32 Å². The number of rotatable bonds is 6. The minimum atomic E-state index is 0.281. The standard InChI is InChI=1S/C15H23NO/c1-11-4-7-15(10-12(11)2)17-13(3)8-9-16-14-5-6-14/h4,7,10,13-14,16H,5-6,8-9H2,1-3H3. The van der Waals surface area contributed by atoms with E-state index in [9.17, 15) is 0 Å². The van der Waals surface area contributed by atoms with Gasteiger partial charge in [-0.05, 0) is 69.8 Å². The molecule has 1 aromatic carbocycles. The summed E-state index contributed by atoms with van der Waals surface area (Å²) in [5.74, 6) is 0.993. The molecule has 1 N–H and O–H groups in total. The smallest absolute Gasteiger partial charge is 0.119 e. The molecule has 0 spiro atoms. The highest BCUT2D eigenvalue weighted by molar-refractivity contribution is 5.33. The summed E-state index contributed by atoms with van der Waals surface area (Å²) in [6.45, 7) is 7.46. The quantitative estimate of drug-likeness (QED) is 0.814. The molecule has 0 heterocycles. The van der Waals surface area contributed by atoms with Gasteiger partial charge in [0.15, 0.2) is 0 Å². The SMILES string of the molecule is Cc1ccc(OC(C)CCNC2CC2)cc1C. The molecule has 0 aromatic heterocycles. The zero-order valence-electron chi connectivity index (χ0n) is 11.1. The monoisotopic (exact) mass is 233 g/mol. The van der Waals surface area contributed by atoms with Crippen LogP contribution in [0.2, 0.25) is 0 Å². The van der Waals surface area contributed by atoms with Gasteiger partial charge in [-0.1, -0.05) is 6.07 Å². The van der Waals surface area contributed by atoms with Crippen LogP contribution in [0.25, 0.3) is 0 Å². The van der Waals surface area contributed by atoms with Gasteiger partial charge in [0.25, 0.3) is 0 Å². The van der Waals surface area contributed by atoms with E-state index in [0.29, 0.717) is 0 Å². The predicted molar refractivity (Wildman–Crippen MR) is 71.6 cm³/mol. The molecular formula is C15H23NO. The van der Waals surface area contributed by atoms with Crippen LogP contribution >= 0.6 is 0 Å². The summed E-state index contributed by atoms with van der Waals surface area (Å²) in [5.41, 5.74) is 2.62. The van der Waals surface area contributed by atoms with E-state index in [4.69, 9.17) is 4.74 Å². The van der Waals surface area contributed by atoms with Gasteiger partial charge in [0.1, 0.15) is 5.75 Å². The zero-order chi connectivity index (χ0) is 12.3. The molecule has 0 saturated heterocycles. The van der Waals surface area contributed by atoms with Crippen molar-refractivity contribution in [3.05, 3.63) is 29.3 Å². The van der Waals surface area contributed by atoms with Gasteiger partial charge in [-0.15, -0.1) is 0 Å². The van der Waals surface area contributed by atoms with Gasteiger partial charge in [0.2, 0.25) is 0 Å². The van der Waals surface area contributed by atoms with Gasteiger partial charge in [-0.25, -0.2) is 0 Å². The number of benzene rings is 1. The van der Waals surface area contributed by atoms with Crippen molar-refractivity contribution in [2.45, 2.75) is 52.2 Å². The van der Waals surface area contributed by atoms with Crippen molar-refractivity contribution in [2.24, 2.45) is 0 Å². The Kier molecular flexibility index (Phi) is 4.06. The fourth-order valence-corrected chi connectivity index (χ4v) is 1.86. The Bertz CT molecular complexity index is 371. The van der Waals surface area contributed by atoms with Crippen LogP contribution in [0, 0.1) is 13.8 Å². The van der Waals surface area contributed by atoms with Crippen molar-refractivity contribution in [3.8, 4) is 5.75 Å². The van der Waals surface area contributed by atoms with E-state index in [2.05, 4.69) is 44.3 Å². The lowest BCUT2D eigenvalue weighted by Gasteiger charge is -2.15. The molecule has 0 radical (unpaired) electrons. The first-order valence-electron chi connectivity index (χ1n) is 6.62. The highest BCUT2D eigenvalue weighted by atomic mass is 16.5. The molecule has 2 nitrogen and oxygen atoms in total. The van der Waals surface area contributed by atoms with Crippen molar-refractivity contribution in [3.63, 3.8) is 0 Å². The maximum atomic E-state index is 5.91. The zero-order valence-corrected chi connectivity index (χ0v) is 11.1. The second-order valence-electron chi connectivity index (χ2n) is 5.19. The summed E-state index contributed by atoms with van der Waals surface area (Å²) in [7, 11) is 0. The lowest BCUT2D eigenvalue weighted by atomic mass is 10.1. The molecule has 0 bridgehead atoms. The van der Waals surface area contributed by atoms with Gasteiger partial charge in [0, 0.05) is 6.04 Å². The topological polar surface area (TPSA) is 21.3 Å². The second-order valence-corrected chi connectivity index (χ2v) is 5.19. The van der Waals surface area contributed by atoms with Crippen LogP contribution in [-0.2, 0) is 0 Å². The molecule has 17 heavy (non-hydrogen) atoms. The number of nitrogens with one attached hydrogen (secondary N) is 1. The maximum Gasteiger partial charge on any atom is 0.119 e. The summed E-state index contributed by atoms with van der Waals surface area (Å²) in [4.78, 5) is 0. The Morgan fingerprint density at radius 3 is 2.71 bits per heavy atom. The Hall–Kier alpha value is -1.02. The fraction of sp³-hybridized carbons (Fsp3) is 0.600. The van der Waals surface area contributed by atoms with Gasteiger partial charge in [0.05, 0.1) is 6.10 Å². The van der Waals surface area contributed by atoms with Crippen molar-refractivity contribution in [2.75, 3.05) is 6.54 Å². The summed E-state index contributed by atoms with van der Waals surface area (Å²) in [6.07, 6.45) is 4.06. The van der Waals surface area contributed by atoms with Crippen molar-refractivity contribution < 1.29 is 4.74 Å². The van der Waals surface area contributed by atoms with Crippen LogP contribution in [0.3, 0.4) is 0 Å². The number of hydrogen-bond donors (Lipinski definition) is 1. The molecule has 1 aliphatic carbocycles. The Labute approximate surface area is 104 Å². The summed E-state index contributed by atoms with van der Waals surface area (Å²) in [5, 5.41) is 3.51. The van der Waals surface area contributed by atoms with Crippen molar-refractivity contribution in [1.29, 1.82) is 0 Å². The number of aryl methyl sites for hydroxylation is 2. The molecule has 0 aliphatic heterocycles. The largest absolute Gasteiger partial charge is 0.491 e. The van der Waals surface area contributed by atoms with Gasteiger partial charge in [-0.3, -0.25) is 0 Å². The molecule has 0 amide bonds. The van der Waals surface area contributed by atoms with E-state index in [0.717, 1.165) is 24.8 Å². The maximum absolute atomic E-state index is 5.91. The lowest BCUT2D eigenvalue weighted by Crippen LogP contribution is -2.23. The van der Waals surface area contributed by atoms with Crippen LogP contribution < -0.4 is 10.1 Å². The summed E-state index contributed by atoms with van der Waals surface area (Å²) >= 11 is 0. The molecule has 2 heteroatoms. The Balaban J connectivity index is 1.75. The molecule has 1 saturated carbocycles. The summed E-state index contributed by atoms with van der Waals surface area (Å²) in [6, 6.07) is 7.11. The molecule has 1 unspecified atom stereocenters. The average Bonchev–Trinajstić information content (AvgIpc) is 3.07. The fourth-order valence-electron chi connectivity index (χ4n) is 1.86. The molecule has 1 aliphatic rings. The average molecular weight is 233 g/mol. The minimum Gasteiger partial charge on any atom is -0.491 e. The van der Waals surface area contributed by atoms with Crippen LogP contribution in [0.4, 0.5) is 0 Å². The molecule has 1 aromatic rings. The predicted octanol–water partition coefficient (Wildman–Crippen LogP) is 3.21. The molecule has 94 valence electrons. The third-order valence-corrected chi connectivity index (χ3v) is 3.38. The Morgan fingerprint density at radius 1 is 1.29 bits per heavy atom. The first-order valence-corrected chi connectivity index (χ1v) is 6.62. The minimum absolute atomic E-state index is 0.281. The first kappa shape index (κ1) is 12.4. The van der Waals surface area contributed by atoms with Crippen LogP contribution in [0.5, 0.6) is 5.75 Å². The Morgan fingerprint density at radius 2 is 2.06 bits per heavy atom. The molecule has 1 atom stereocenters. The highest BCUT2D eigenvalue weighted by Crippen LogP contribution is 2.20. The summed E-state index contributed by atoms with van der Waals surface area (Å²) < 4.78 is 5.91. The third kappa shape index (κ3) is 4.04. The highest BCUT2D eigenvalue weighted by Gasteiger charge is 2.20. The number of hydrogen-bond acceptors (Lipinski definition) is 2. The van der Waals surface area contributed by atoms with Gasteiger partial charge < -0.3 is 10.1 Å². The van der Waals surface area contributed by atoms with Gasteiger partial charge >= 0.3 is 0 Å². The van der Waals surface area contributed by atoms with Crippen LogP contribution in [0.1, 0.15) is 37.3 Å². The molecule has 1 fully saturated rings. The third-order valence-electron chi connectivity index (χ3n) is 3.38. The second kappa shape index (κ2) is 5.54. The van der Waals surface area contributed by atoms with E-state index in [-0.39, 0.29) is 6.10 Å². The van der Waals surface area contributed by atoms with E-state index in [1.54, 1.807) is 0 Å². The lowest BCUT2D eigenvalue weighted by molar-refractivity contribution is 0.209.